The number of carbonyl (C=O) groups is 4. The van der Waals surface area contributed by atoms with Crippen LogP contribution in [0.5, 0.6) is 5.75 Å². The molecule has 248 valence electrons. The van der Waals surface area contributed by atoms with Crippen molar-refractivity contribution < 1.29 is 33.4 Å². The van der Waals surface area contributed by atoms with Crippen molar-refractivity contribution in [3.8, 4) is 5.75 Å². The summed E-state index contributed by atoms with van der Waals surface area (Å²) in [6, 6.07) is 15.7. The SMILES string of the molecule is COc1cccc(CN2CCC(N3CC(=O)N4CC[C@@H](NC(=O)c5ccccc5)C[C@H]4C(=O)NCCOCCOCC3=O)CC2)c1. The summed E-state index contributed by atoms with van der Waals surface area (Å²) in [6.45, 7) is 3.39. The van der Waals surface area contributed by atoms with E-state index in [1.54, 1.807) is 41.2 Å². The number of likely N-dealkylation sites (tertiary alicyclic amines) is 1. The highest BCUT2D eigenvalue weighted by Gasteiger charge is 2.39. The first-order chi connectivity index (χ1) is 22.4. The molecular formula is C34H45N5O7. The minimum atomic E-state index is -0.787. The summed E-state index contributed by atoms with van der Waals surface area (Å²) in [4.78, 5) is 59.3. The smallest absolute Gasteiger partial charge is 0.251 e. The van der Waals surface area contributed by atoms with Crippen molar-refractivity contribution in [3.63, 3.8) is 0 Å². The predicted octanol–water partition coefficient (Wildman–Crippen LogP) is 1.44. The van der Waals surface area contributed by atoms with E-state index < -0.39 is 6.04 Å². The van der Waals surface area contributed by atoms with Crippen molar-refractivity contribution in [1.29, 1.82) is 0 Å². The van der Waals surface area contributed by atoms with Gasteiger partial charge in [0.1, 0.15) is 24.9 Å². The molecule has 0 radical (unpaired) electrons. The van der Waals surface area contributed by atoms with Crippen LogP contribution in [0.1, 0.15) is 41.6 Å². The molecular weight excluding hydrogens is 590 g/mol. The summed E-state index contributed by atoms with van der Waals surface area (Å²) in [5.74, 6) is -0.235. The highest BCUT2D eigenvalue weighted by Crippen LogP contribution is 2.23. The van der Waals surface area contributed by atoms with Crippen molar-refractivity contribution in [2.45, 2.75) is 50.4 Å². The summed E-state index contributed by atoms with van der Waals surface area (Å²) in [5.41, 5.74) is 1.69. The molecule has 0 spiro atoms. The number of methoxy groups -OCH3 is 1. The fraction of sp³-hybridized carbons (Fsp3) is 0.529. The Bertz CT molecular complexity index is 1330. The molecule has 0 unspecified atom stereocenters. The summed E-state index contributed by atoms with van der Waals surface area (Å²) in [6.07, 6.45) is 2.20. The lowest BCUT2D eigenvalue weighted by Gasteiger charge is -2.42. The molecule has 12 nitrogen and oxygen atoms in total. The third-order valence-corrected chi connectivity index (χ3v) is 8.90. The molecule has 3 heterocycles. The maximum absolute atomic E-state index is 13.9. The number of fused-ring (bicyclic) bond motifs is 1. The summed E-state index contributed by atoms with van der Waals surface area (Å²) in [5, 5.41) is 5.92. The zero-order chi connectivity index (χ0) is 32.3. The molecule has 12 heteroatoms. The molecule has 2 atom stereocenters. The van der Waals surface area contributed by atoms with E-state index in [9.17, 15) is 19.2 Å². The molecule has 3 fully saturated rings. The molecule has 2 N–H and O–H groups in total. The minimum Gasteiger partial charge on any atom is -0.497 e. The molecule has 0 aromatic heterocycles. The highest BCUT2D eigenvalue weighted by atomic mass is 16.5. The van der Waals surface area contributed by atoms with Gasteiger partial charge in [0.2, 0.25) is 17.7 Å². The van der Waals surface area contributed by atoms with Crippen molar-refractivity contribution in [3.05, 3.63) is 65.7 Å². The van der Waals surface area contributed by atoms with Gasteiger partial charge in [-0.3, -0.25) is 24.1 Å². The van der Waals surface area contributed by atoms with Crippen molar-refractivity contribution >= 4 is 23.6 Å². The van der Waals surface area contributed by atoms with E-state index in [0.29, 0.717) is 24.8 Å². The second kappa shape index (κ2) is 16.5. The highest BCUT2D eigenvalue weighted by molar-refractivity contribution is 5.94. The predicted molar refractivity (Wildman–Crippen MR) is 170 cm³/mol. The topological polar surface area (TPSA) is 130 Å². The number of ether oxygens (including phenoxy) is 3. The largest absolute Gasteiger partial charge is 0.497 e. The molecule has 3 saturated heterocycles. The number of nitrogens with one attached hydrogen (secondary N) is 2. The lowest BCUT2D eigenvalue weighted by Crippen LogP contribution is -2.60. The maximum Gasteiger partial charge on any atom is 0.251 e. The second-order valence-electron chi connectivity index (χ2n) is 12.0. The van der Waals surface area contributed by atoms with Crippen LogP contribution < -0.4 is 15.4 Å². The maximum atomic E-state index is 13.9. The molecule has 4 amide bonds. The van der Waals surface area contributed by atoms with E-state index in [4.69, 9.17) is 14.2 Å². The molecule has 0 bridgehead atoms. The number of nitrogens with zero attached hydrogens (tertiary/aromatic N) is 3. The average molecular weight is 636 g/mol. The van der Waals surface area contributed by atoms with Gasteiger partial charge in [0.15, 0.2) is 0 Å². The second-order valence-corrected chi connectivity index (χ2v) is 12.0. The van der Waals surface area contributed by atoms with Gasteiger partial charge in [-0.15, -0.1) is 0 Å². The van der Waals surface area contributed by atoms with Crippen LogP contribution in [0, 0.1) is 0 Å². The number of benzene rings is 2. The van der Waals surface area contributed by atoms with Gasteiger partial charge >= 0.3 is 0 Å². The van der Waals surface area contributed by atoms with Crippen LogP contribution >= 0.6 is 0 Å². The van der Waals surface area contributed by atoms with Crippen LogP contribution in [-0.2, 0) is 30.4 Å². The normalized spacial score (nSPS) is 23.1. The first kappa shape index (κ1) is 33.4. The van der Waals surface area contributed by atoms with Crippen LogP contribution in [0.4, 0.5) is 0 Å². The van der Waals surface area contributed by atoms with Crippen LogP contribution in [0.25, 0.3) is 0 Å². The van der Waals surface area contributed by atoms with Gasteiger partial charge in [0, 0.05) is 50.4 Å². The summed E-state index contributed by atoms with van der Waals surface area (Å²) < 4.78 is 16.6. The van der Waals surface area contributed by atoms with Crippen molar-refractivity contribution in [2.24, 2.45) is 0 Å². The van der Waals surface area contributed by atoms with E-state index in [1.165, 1.54) is 0 Å². The average Bonchev–Trinajstić information content (AvgIpc) is 3.08. The molecule has 0 aliphatic carbocycles. The first-order valence-electron chi connectivity index (χ1n) is 16.1. The zero-order valence-electron chi connectivity index (χ0n) is 26.5. The number of hydrogen-bond donors (Lipinski definition) is 2. The Balaban J connectivity index is 1.26. The fourth-order valence-electron chi connectivity index (χ4n) is 6.40. The van der Waals surface area contributed by atoms with Gasteiger partial charge < -0.3 is 34.6 Å². The molecule has 46 heavy (non-hydrogen) atoms. The molecule has 2 aromatic rings. The molecule has 5 rings (SSSR count). The minimum absolute atomic E-state index is 0.135. The van der Waals surface area contributed by atoms with Crippen LogP contribution in [-0.4, -0.2) is 123 Å². The zero-order valence-corrected chi connectivity index (χ0v) is 26.5. The lowest BCUT2D eigenvalue weighted by molar-refractivity contribution is -0.150. The van der Waals surface area contributed by atoms with Gasteiger partial charge in [-0.1, -0.05) is 30.3 Å². The van der Waals surface area contributed by atoms with Gasteiger partial charge in [-0.05, 0) is 55.5 Å². The van der Waals surface area contributed by atoms with Crippen molar-refractivity contribution in [1.82, 2.24) is 25.3 Å². The van der Waals surface area contributed by atoms with E-state index in [-0.39, 0.29) is 88.2 Å². The molecule has 2 aromatic carbocycles. The number of amides is 4. The first-order valence-corrected chi connectivity index (χ1v) is 16.1. The van der Waals surface area contributed by atoms with E-state index >= 15 is 0 Å². The van der Waals surface area contributed by atoms with Crippen molar-refractivity contribution in [2.75, 3.05) is 66.3 Å². The number of rotatable bonds is 6. The van der Waals surface area contributed by atoms with Gasteiger partial charge in [0.25, 0.3) is 5.91 Å². The molecule has 0 saturated carbocycles. The third kappa shape index (κ3) is 9.05. The Morgan fingerprint density at radius 2 is 1.70 bits per heavy atom. The van der Waals surface area contributed by atoms with E-state index in [2.05, 4.69) is 21.6 Å². The Morgan fingerprint density at radius 1 is 0.913 bits per heavy atom. The number of piperidine rings is 2. The Hall–Kier alpha value is -4.00. The Labute approximate surface area is 270 Å². The number of carbonyl (C=O) groups excluding carboxylic acids is 4. The Morgan fingerprint density at radius 3 is 2.48 bits per heavy atom. The van der Waals surface area contributed by atoms with Gasteiger partial charge in [0.05, 0.1) is 26.9 Å². The monoisotopic (exact) mass is 635 g/mol. The quantitative estimate of drug-likeness (QED) is 0.488. The van der Waals surface area contributed by atoms with Crippen LogP contribution in [0.15, 0.2) is 54.6 Å². The van der Waals surface area contributed by atoms with E-state index in [0.717, 1.165) is 30.9 Å². The standard InChI is InChI=1S/C34H45N5O7/c1-44-29-9-5-6-25(20-29)22-37-14-11-28(12-15-37)39-23-31(40)38-16-10-27(36-33(42)26-7-3-2-4-8-26)21-30(38)34(43)35-13-17-45-18-19-46-24-32(39)41/h2-9,20,27-28,30H,10-19,21-24H2,1H3,(H,35,43)(H,36,42)/t27-,30+/m1/s1. The molecule has 3 aliphatic rings. The molecule has 3 aliphatic heterocycles. The van der Waals surface area contributed by atoms with Crippen LogP contribution in [0.2, 0.25) is 0 Å². The van der Waals surface area contributed by atoms with Gasteiger partial charge in [-0.25, -0.2) is 0 Å². The number of hydrogen-bond acceptors (Lipinski definition) is 8. The lowest BCUT2D eigenvalue weighted by atomic mass is 9.95. The van der Waals surface area contributed by atoms with Crippen LogP contribution in [0.3, 0.4) is 0 Å². The van der Waals surface area contributed by atoms with Gasteiger partial charge in [-0.2, -0.15) is 0 Å². The third-order valence-electron chi connectivity index (χ3n) is 8.90. The fourth-order valence-corrected chi connectivity index (χ4v) is 6.40. The summed E-state index contributed by atoms with van der Waals surface area (Å²) in [7, 11) is 1.66. The summed E-state index contributed by atoms with van der Waals surface area (Å²) >= 11 is 0. The van der Waals surface area contributed by atoms with E-state index in [1.807, 2.05) is 24.3 Å². The Kier molecular flexibility index (Phi) is 12.0.